The van der Waals surface area contributed by atoms with E-state index in [1.54, 1.807) is 18.2 Å². The largest absolute Gasteiger partial charge is 0.446 e. The highest BCUT2D eigenvalue weighted by molar-refractivity contribution is 14.1. The van der Waals surface area contributed by atoms with Crippen LogP contribution in [0.2, 0.25) is 0 Å². The summed E-state index contributed by atoms with van der Waals surface area (Å²) in [6, 6.07) is 14.3. The number of anilines is 1. The van der Waals surface area contributed by atoms with Crippen LogP contribution in [0.3, 0.4) is 0 Å². The van der Waals surface area contributed by atoms with Gasteiger partial charge in [-0.3, -0.25) is 0 Å². The van der Waals surface area contributed by atoms with E-state index in [1.807, 2.05) is 31.2 Å². The molecule has 0 heterocycles. The molecule has 0 fully saturated rings. The molecule has 2 aromatic rings. The van der Waals surface area contributed by atoms with Crippen molar-refractivity contribution in [2.45, 2.75) is 23.4 Å². The lowest BCUT2D eigenvalue weighted by Crippen LogP contribution is -2.08. The van der Waals surface area contributed by atoms with Gasteiger partial charge in [0.2, 0.25) is 0 Å². The first-order valence-corrected chi connectivity index (χ1v) is 8.11. The molecule has 0 amide bonds. The highest BCUT2D eigenvalue weighted by Gasteiger charge is 2.30. The van der Waals surface area contributed by atoms with Gasteiger partial charge in [0.1, 0.15) is 0 Å². The van der Waals surface area contributed by atoms with Gasteiger partial charge in [0.15, 0.2) is 0 Å². The van der Waals surface area contributed by atoms with Crippen LogP contribution in [0.4, 0.5) is 18.9 Å². The monoisotopic (exact) mass is 423 g/mol. The molecule has 1 nitrogen and oxygen atoms in total. The van der Waals surface area contributed by atoms with Gasteiger partial charge in [-0.1, -0.05) is 24.3 Å². The SMILES string of the molecule is CC(Nc1ccccc1SC(F)(F)F)c1ccc(I)cc1. The maximum Gasteiger partial charge on any atom is 0.446 e. The molecule has 0 aliphatic rings. The summed E-state index contributed by atoms with van der Waals surface area (Å²) in [6.07, 6.45) is 0. The van der Waals surface area contributed by atoms with E-state index >= 15 is 0 Å². The third-order valence-corrected chi connectivity index (χ3v) is 4.38. The molecule has 1 N–H and O–H groups in total. The summed E-state index contributed by atoms with van der Waals surface area (Å²) in [5.41, 5.74) is -2.77. The van der Waals surface area contributed by atoms with Crippen LogP contribution in [0.15, 0.2) is 53.4 Å². The van der Waals surface area contributed by atoms with Crippen molar-refractivity contribution >= 4 is 40.0 Å². The number of thioether (sulfide) groups is 1. The van der Waals surface area contributed by atoms with E-state index < -0.39 is 5.51 Å². The van der Waals surface area contributed by atoms with E-state index in [9.17, 15) is 13.2 Å². The summed E-state index contributed by atoms with van der Waals surface area (Å²) in [5, 5.41) is 3.15. The van der Waals surface area contributed by atoms with E-state index in [2.05, 4.69) is 27.9 Å². The average molecular weight is 423 g/mol. The van der Waals surface area contributed by atoms with Crippen molar-refractivity contribution in [3.05, 3.63) is 57.7 Å². The molecule has 6 heteroatoms. The lowest BCUT2D eigenvalue weighted by Gasteiger charge is -2.19. The van der Waals surface area contributed by atoms with Crippen molar-refractivity contribution in [2.24, 2.45) is 0 Å². The Bertz CT molecular complexity index is 599. The fraction of sp³-hybridized carbons (Fsp3) is 0.200. The fourth-order valence-electron chi connectivity index (χ4n) is 1.87. The van der Waals surface area contributed by atoms with Crippen LogP contribution in [0.5, 0.6) is 0 Å². The summed E-state index contributed by atoms with van der Waals surface area (Å²) < 4.78 is 38.8. The van der Waals surface area contributed by atoms with Gasteiger partial charge < -0.3 is 5.32 Å². The number of para-hydroxylation sites is 1. The van der Waals surface area contributed by atoms with E-state index in [-0.39, 0.29) is 22.7 Å². The maximum atomic E-state index is 12.6. The van der Waals surface area contributed by atoms with Crippen molar-refractivity contribution in [1.29, 1.82) is 0 Å². The van der Waals surface area contributed by atoms with E-state index in [1.165, 1.54) is 6.07 Å². The van der Waals surface area contributed by atoms with Gasteiger partial charge in [-0.25, -0.2) is 0 Å². The molecule has 1 unspecified atom stereocenters. The minimum absolute atomic E-state index is 0.0722. The van der Waals surface area contributed by atoms with Gasteiger partial charge in [0.05, 0.1) is 0 Å². The molecule has 0 saturated carbocycles. The molecule has 0 saturated heterocycles. The zero-order valence-corrected chi connectivity index (χ0v) is 14.1. The van der Waals surface area contributed by atoms with Gasteiger partial charge in [-0.05, 0) is 71.1 Å². The molecule has 0 radical (unpaired) electrons. The smallest absolute Gasteiger partial charge is 0.378 e. The summed E-state index contributed by atoms with van der Waals surface area (Å²) in [4.78, 5) is 0.183. The van der Waals surface area contributed by atoms with Gasteiger partial charge >= 0.3 is 5.51 Å². The second-order valence-electron chi connectivity index (χ2n) is 4.46. The van der Waals surface area contributed by atoms with Crippen molar-refractivity contribution in [3.8, 4) is 0 Å². The van der Waals surface area contributed by atoms with Crippen molar-refractivity contribution < 1.29 is 13.2 Å². The topological polar surface area (TPSA) is 12.0 Å². The zero-order chi connectivity index (χ0) is 15.5. The maximum absolute atomic E-state index is 12.6. The Morgan fingerprint density at radius 3 is 2.29 bits per heavy atom. The number of rotatable bonds is 4. The third-order valence-electron chi connectivity index (χ3n) is 2.85. The number of benzene rings is 2. The van der Waals surface area contributed by atoms with Gasteiger partial charge in [0, 0.05) is 20.2 Å². The predicted molar refractivity (Wildman–Crippen MR) is 89.6 cm³/mol. The van der Waals surface area contributed by atoms with Crippen LogP contribution in [-0.4, -0.2) is 5.51 Å². The Kier molecular flexibility index (Phi) is 5.43. The number of alkyl halides is 3. The first kappa shape index (κ1) is 16.5. The summed E-state index contributed by atoms with van der Waals surface area (Å²) in [7, 11) is 0. The van der Waals surface area contributed by atoms with Gasteiger partial charge in [-0.2, -0.15) is 13.2 Å². The first-order chi connectivity index (χ1) is 9.85. The van der Waals surface area contributed by atoms with Crippen LogP contribution in [0.25, 0.3) is 0 Å². The molecule has 0 aliphatic heterocycles. The molecule has 0 bridgehead atoms. The predicted octanol–water partition coefficient (Wildman–Crippen LogP) is 6.08. The molecular weight excluding hydrogens is 410 g/mol. The highest BCUT2D eigenvalue weighted by Crippen LogP contribution is 2.41. The Labute approximate surface area is 139 Å². The lowest BCUT2D eigenvalue weighted by molar-refractivity contribution is -0.0327. The van der Waals surface area contributed by atoms with Crippen LogP contribution in [0, 0.1) is 3.57 Å². The first-order valence-electron chi connectivity index (χ1n) is 6.22. The molecule has 2 aromatic carbocycles. The number of hydrogen-bond donors (Lipinski definition) is 1. The van der Waals surface area contributed by atoms with E-state index in [0.29, 0.717) is 5.69 Å². The second kappa shape index (κ2) is 6.91. The minimum atomic E-state index is -4.29. The summed E-state index contributed by atoms with van der Waals surface area (Å²) >= 11 is 2.12. The Morgan fingerprint density at radius 2 is 1.67 bits per heavy atom. The quantitative estimate of drug-likeness (QED) is 0.473. The standard InChI is InChI=1S/C15H13F3INS/c1-10(11-6-8-12(19)9-7-11)20-13-4-2-3-5-14(13)21-15(16,17)18/h2-10,20H,1H3. The van der Waals surface area contributed by atoms with Gasteiger partial charge in [0.25, 0.3) is 0 Å². The molecule has 2 rings (SSSR count). The lowest BCUT2D eigenvalue weighted by atomic mass is 10.1. The molecule has 21 heavy (non-hydrogen) atoms. The number of nitrogens with one attached hydrogen (secondary N) is 1. The van der Waals surface area contributed by atoms with E-state index in [4.69, 9.17) is 0 Å². The fourth-order valence-corrected chi connectivity index (χ4v) is 2.86. The van der Waals surface area contributed by atoms with Crippen LogP contribution >= 0.6 is 34.4 Å². The number of halogens is 4. The second-order valence-corrected chi connectivity index (χ2v) is 6.81. The van der Waals surface area contributed by atoms with Crippen LogP contribution in [0.1, 0.15) is 18.5 Å². The minimum Gasteiger partial charge on any atom is -0.378 e. The molecule has 0 aliphatic carbocycles. The molecular formula is C15H13F3INS. The van der Waals surface area contributed by atoms with Crippen molar-refractivity contribution in [3.63, 3.8) is 0 Å². The van der Waals surface area contributed by atoms with Crippen LogP contribution < -0.4 is 5.32 Å². The normalized spacial score (nSPS) is 13.0. The van der Waals surface area contributed by atoms with Crippen molar-refractivity contribution in [1.82, 2.24) is 0 Å². The summed E-state index contributed by atoms with van der Waals surface area (Å²) in [5.74, 6) is 0. The Balaban J connectivity index is 2.17. The average Bonchev–Trinajstić information content (AvgIpc) is 2.40. The summed E-state index contributed by atoms with van der Waals surface area (Å²) in [6.45, 7) is 1.93. The van der Waals surface area contributed by atoms with Gasteiger partial charge in [-0.15, -0.1) is 0 Å². The van der Waals surface area contributed by atoms with Crippen molar-refractivity contribution in [2.75, 3.05) is 5.32 Å². The molecule has 0 aromatic heterocycles. The molecule has 0 spiro atoms. The highest BCUT2D eigenvalue weighted by atomic mass is 127. The Hall–Kier alpha value is -0.890. The molecule has 112 valence electrons. The zero-order valence-electron chi connectivity index (χ0n) is 11.1. The molecule has 1 atom stereocenters. The third kappa shape index (κ3) is 5.10. The Morgan fingerprint density at radius 1 is 1.05 bits per heavy atom. The number of hydrogen-bond acceptors (Lipinski definition) is 2. The van der Waals surface area contributed by atoms with E-state index in [0.717, 1.165) is 9.13 Å². The van der Waals surface area contributed by atoms with Crippen LogP contribution in [-0.2, 0) is 0 Å².